The second kappa shape index (κ2) is 6.53. The van der Waals surface area contributed by atoms with Crippen molar-refractivity contribution >= 4 is 18.6 Å². The average Bonchev–Trinajstić information content (AvgIpc) is 2.71. The van der Waals surface area contributed by atoms with Gasteiger partial charge in [-0.05, 0) is 45.9 Å². The summed E-state index contributed by atoms with van der Waals surface area (Å²) in [4.78, 5) is 11.3. The molecule has 1 saturated heterocycles. The van der Waals surface area contributed by atoms with Crippen LogP contribution in [0.2, 0.25) is 0 Å². The van der Waals surface area contributed by atoms with Gasteiger partial charge in [0, 0.05) is 5.46 Å². The highest BCUT2D eigenvalue weighted by Gasteiger charge is 2.53. The number of methoxy groups -OCH3 is 1. The number of benzene rings is 1. The van der Waals surface area contributed by atoms with E-state index >= 15 is 0 Å². The summed E-state index contributed by atoms with van der Waals surface area (Å²) in [5, 5.41) is 0. The van der Waals surface area contributed by atoms with Crippen molar-refractivity contribution in [3.8, 4) is 5.75 Å². The maximum Gasteiger partial charge on any atom is 0.498 e. The maximum absolute atomic E-state index is 13.1. The number of carbonyl (C=O) groups excluding carboxylic acids is 1. The molecular formula is C16H20BF3O5. The number of hydrogen-bond acceptors (Lipinski definition) is 5. The van der Waals surface area contributed by atoms with Gasteiger partial charge in [-0.2, -0.15) is 13.2 Å². The minimum atomic E-state index is -4.53. The van der Waals surface area contributed by atoms with Crippen LogP contribution in [-0.2, 0) is 25.0 Å². The number of rotatable bonds is 4. The molecule has 9 heteroatoms. The molecule has 25 heavy (non-hydrogen) atoms. The summed E-state index contributed by atoms with van der Waals surface area (Å²) in [6.45, 7) is 6.71. The Morgan fingerprint density at radius 2 is 1.72 bits per heavy atom. The van der Waals surface area contributed by atoms with E-state index < -0.39 is 42.6 Å². The van der Waals surface area contributed by atoms with Crippen LogP contribution in [0.3, 0.4) is 0 Å². The second-order valence-corrected chi connectivity index (χ2v) is 6.70. The molecule has 0 aromatic heterocycles. The zero-order valence-electron chi connectivity index (χ0n) is 14.7. The van der Waals surface area contributed by atoms with Crippen LogP contribution in [0.15, 0.2) is 18.2 Å². The second-order valence-electron chi connectivity index (χ2n) is 6.70. The first kappa shape index (κ1) is 19.6. The van der Waals surface area contributed by atoms with Gasteiger partial charge >= 0.3 is 19.3 Å². The smallest absolute Gasteiger partial charge is 0.482 e. The largest absolute Gasteiger partial charge is 0.498 e. The van der Waals surface area contributed by atoms with Crippen molar-refractivity contribution in [3.05, 3.63) is 23.8 Å². The minimum absolute atomic E-state index is 0.0666. The highest BCUT2D eigenvalue weighted by molar-refractivity contribution is 6.63. The fraction of sp³-hybridized carbons (Fsp3) is 0.562. The Balaban J connectivity index is 2.40. The molecule has 0 radical (unpaired) electrons. The van der Waals surface area contributed by atoms with Gasteiger partial charge in [-0.25, -0.2) is 4.79 Å². The molecule has 1 aliphatic rings. The van der Waals surface area contributed by atoms with Crippen LogP contribution >= 0.6 is 0 Å². The van der Waals surface area contributed by atoms with E-state index in [4.69, 9.17) is 14.0 Å². The molecule has 0 unspecified atom stereocenters. The van der Waals surface area contributed by atoms with Crippen molar-refractivity contribution < 1.29 is 36.7 Å². The average molecular weight is 360 g/mol. The van der Waals surface area contributed by atoms with E-state index in [1.54, 1.807) is 27.7 Å². The van der Waals surface area contributed by atoms with Crippen molar-refractivity contribution in [1.29, 1.82) is 0 Å². The quantitative estimate of drug-likeness (QED) is 0.610. The molecule has 0 bridgehead atoms. The van der Waals surface area contributed by atoms with Gasteiger partial charge in [0.25, 0.3) is 0 Å². The van der Waals surface area contributed by atoms with Gasteiger partial charge in [0.15, 0.2) is 6.61 Å². The third-order valence-electron chi connectivity index (χ3n) is 4.42. The SMILES string of the molecule is COC(=O)COc1ccc(C(F)(F)F)cc1B1OC(C)(C)C(C)(C)O1. The highest BCUT2D eigenvalue weighted by atomic mass is 19.4. The van der Waals surface area contributed by atoms with Gasteiger partial charge in [-0.15, -0.1) is 0 Å². The molecule has 1 fully saturated rings. The van der Waals surface area contributed by atoms with E-state index in [1.165, 1.54) is 7.11 Å². The van der Waals surface area contributed by atoms with Gasteiger partial charge in [-0.1, -0.05) is 0 Å². The van der Waals surface area contributed by atoms with Gasteiger partial charge < -0.3 is 18.8 Å². The number of ether oxygens (including phenoxy) is 2. The Kier molecular flexibility index (Phi) is 5.12. The number of esters is 1. The lowest BCUT2D eigenvalue weighted by Crippen LogP contribution is -2.41. The van der Waals surface area contributed by atoms with Gasteiger partial charge in [-0.3, -0.25) is 0 Å². The molecule has 2 rings (SSSR count). The number of halogens is 3. The predicted molar refractivity (Wildman–Crippen MR) is 84.7 cm³/mol. The lowest BCUT2D eigenvalue weighted by atomic mass is 9.77. The van der Waals surface area contributed by atoms with Crippen molar-refractivity contribution in [2.24, 2.45) is 0 Å². The van der Waals surface area contributed by atoms with Gasteiger partial charge in [0.1, 0.15) is 5.75 Å². The topological polar surface area (TPSA) is 54.0 Å². The minimum Gasteiger partial charge on any atom is -0.482 e. The van der Waals surface area contributed by atoms with Crippen LogP contribution < -0.4 is 10.2 Å². The maximum atomic E-state index is 13.1. The molecule has 0 spiro atoms. The Bertz CT molecular complexity index is 642. The zero-order chi connectivity index (χ0) is 19.0. The van der Waals surface area contributed by atoms with Gasteiger partial charge in [0.05, 0.1) is 23.9 Å². The van der Waals surface area contributed by atoms with Crippen molar-refractivity contribution in [1.82, 2.24) is 0 Å². The standard InChI is InChI=1S/C16H20BF3O5/c1-14(2)15(3,4)25-17(24-14)11-8-10(16(18,19)20)6-7-12(11)23-9-13(21)22-5/h6-8H,9H2,1-5H3. The Hall–Kier alpha value is -1.74. The predicted octanol–water partition coefficient (Wildman–Crippen LogP) is 2.56. The molecule has 1 aromatic carbocycles. The van der Waals surface area contributed by atoms with Crippen molar-refractivity contribution in [2.45, 2.75) is 45.1 Å². The van der Waals surface area contributed by atoms with Crippen molar-refractivity contribution in [3.63, 3.8) is 0 Å². The number of carbonyl (C=O) groups is 1. The summed E-state index contributed by atoms with van der Waals surface area (Å²) >= 11 is 0. The van der Waals surface area contributed by atoms with Crippen molar-refractivity contribution in [2.75, 3.05) is 13.7 Å². The van der Waals surface area contributed by atoms with E-state index in [-0.39, 0.29) is 11.2 Å². The lowest BCUT2D eigenvalue weighted by molar-refractivity contribution is -0.143. The van der Waals surface area contributed by atoms with E-state index in [0.29, 0.717) is 0 Å². The van der Waals surface area contributed by atoms with E-state index in [1.807, 2.05) is 0 Å². The number of alkyl halides is 3. The first-order valence-corrected chi connectivity index (χ1v) is 7.64. The molecule has 0 saturated carbocycles. The summed E-state index contributed by atoms with van der Waals surface area (Å²) < 4.78 is 60.6. The first-order chi connectivity index (χ1) is 11.4. The Morgan fingerprint density at radius 1 is 1.16 bits per heavy atom. The molecule has 0 aliphatic carbocycles. The summed E-state index contributed by atoms with van der Waals surface area (Å²) in [6, 6.07) is 2.93. The summed E-state index contributed by atoms with van der Waals surface area (Å²) in [7, 11) is 0.132. The molecule has 1 aliphatic heterocycles. The van der Waals surface area contributed by atoms with Crippen LogP contribution in [0.25, 0.3) is 0 Å². The van der Waals surface area contributed by atoms with E-state index in [9.17, 15) is 18.0 Å². The van der Waals surface area contributed by atoms with Crippen LogP contribution in [0.4, 0.5) is 13.2 Å². The molecule has 1 heterocycles. The summed E-state index contributed by atoms with van der Waals surface area (Å²) in [5.74, 6) is -0.586. The molecule has 0 N–H and O–H groups in total. The van der Waals surface area contributed by atoms with Crippen LogP contribution in [0.5, 0.6) is 5.75 Å². The normalized spacial score (nSPS) is 19.0. The monoisotopic (exact) mass is 360 g/mol. The van der Waals surface area contributed by atoms with Crippen LogP contribution in [0.1, 0.15) is 33.3 Å². The number of hydrogen-bond donors (Lipinski definition) is 0. The Labute approximate surface area is 144 Å². The molecule has 138 valence electrons. The molecule has 5 nitrogen and oxygen atoms in total. The molecular weight excluding hydrogens is 340 g/mol. The van der Waals surface area contributed by atoms with Gasteiger partial charge in [0.2, 0.25) is 0 Å². The lowest BCUT2D eigenvalue weighted by Gasteiger charge is -2.32. The van der Waals surface area contributed by atoms with Crippen LogP contribution in [0, 0.1) is 0 Å². The fourth-order valence-electron chi connectivity index (χ4n) is 2.21. The zero-order valence-corrected chi connectivity index (χ0v) is 14.7. The van der Waals surface area contributed by atoms with E-state index in [2.05, 4.69) is 4.74 Å². The van der Waals surface area contributed by atoms with E-state index in [0.717, 1.165) is 18.2 Å². The first-order valence-electron chi connectivity index (χ1n) is 7.64. The van der Waals surface area contributed by atoms with Crippen LogP contribution in [-0.4, -0.2) is 38.0 Å². The summed E-state index contributed by atoms with van der Waals surface area (Å²) in [6.07, 6.45) is -4.53. The third kappa shape index (κ3) is 4.09. The molecule has 1 aromatic rings. The molecule has 0 atom stereocenters. The summed E-state index contributed by atoms with van der Waals surface area (Å²) in [5.41, 5.74) is -2.25. The third-order valence-corrected chi connectivity index (χ3v) is 4.42. The Morgan fingerprint density at radius 3 is 2.20 bits per heavy atom. The molecule has 0 amide bonds. The fourth-order valence-corrected chi connectivity index (χ4v) is 2.21. The highest BCUT2D eigenvalue weighted by Crippen LogP contribution is 2.38.